The van der Waals surface area contributed by atoms with Crippen LogP contribution in [0.5, 0.6) is 0 Å². The lowest BCUT2D eigenvalue weighted by atomic mass is 9.76. The fourth-order valence-corrected chi connectivity index (χ4v) is 5.59. The van der Waals surface area contributed by atoms with Crippen LogP contribution in [0.15, 0.2) is 0 Å². The largest absolute Gasteiger partial charge is 0.394 e. The van der Waals surface area contributed by atoms with Crippen LogP contribution in [0.3, 0.4) is 0 Å². The molecule has 2 N–H and O–H groups in total. The molecule has 3 saturated carbocycles. The Bertz CT molecular complexity index is 399. The zero-order valence-corrected chi connectivity index (χ0v) is 13.8. The van der Waals surface area contributed by atoms with Crippen LogP contribution in [0.2, 0.25) is 0 Å². The summed E-state index contributed by atoms with van der Waals surface area (Å²) in [4.78, 5) is 0. The van der Waals surface area contributed by atoms with Crippen molar-refractivity contribution in [1.82, 2.24) is 0 Å². The maximum atomic E-state index is 9.35. The van der Waals surface area contributed by atoms with Gasteiger partial charge in [0.05, 0.1) is 26.4 Å². The topological polar surface area (TPSA) is 71.5 Å². The predicted molar refractivity (Wildman–Crippen MR) is 83.9 cm³/mol. The van der Waals surface area contributed by atoms with Gasteiger partial charge in [0.25, 0.3) is 0 Å². The van der Waals surface area contributed by atoms with Crippen molar-refractivity contribution >= 4 is 0 Å². The van der Waals surface area contributed by atoms with Crippen LogP contribution >= 0.6 is 0 Å². The van der Waals surface area contributed by atoms with Gasteiger partial charge in [-0.3, -0.25) is 0 Å². The summed E-state index contributed by atoms with van der Waals surface area (Å²) in [5.74, 6) is 4.94. The maximum Gasteiger partial charge on any atom is 0.104 e. The molecule has 23 heavy (non-hydrogen) atoms. The zero-order valence-electron chi connectivity index (χ0n) is 13.8. The zero-order chi connectivity index (χ0) is 15.8. The van der Waals surface area contributed by atoms with Crippen molar-refractivity contribution in [2.45, 2.75) is 37.9 Å². The summed E-state index contributed by atoms with van der Waals surface area (Å²) in [6.07, 6.45) is 5.00. The minimum Gasteiger partial charge on any atom is -0.394 e. The van der Waals surface area contributed by atoms with Crippen LogP contribution in [0.4, 0.5) is 0 Å². The lowest BCUT2D eigenvalue weighted by Gasteiger charge is -2.31. The molecule has 8 unspecified atom stereocenters. The van der Waals surface area contributed by atoms with Crippen LogP contribution in [0.25, 0.3) is 0 Å². The summed E-state index contributed by atoms with van der Waals surface area (Å²) < 4.78 is 16.7. The van der Waals surface area contributed by atoms with Crippen LogP contribution in [-0.2, 0) is 14.2 Å². The molecule has 4 aliphatic rings. The van der Waals surface area contributed by atoms with E-state index in [0.29, 0.717) is 12.0 Å². The van der Waals surface area contributed by atoms with Gasteiger partial charge in [0, 0.05) is 13.2 Å². The molecule has 5 heteroatoms. The average Bonchev–Trinajstić information content (AvgIpc) is 2.99. The molecule has 2 bridgehead atoms. The third-order valence-electron chi connectivity index (χ3n) is 6.61. The summed E-state index contributed by atoms with van der Waals surface area (Å²) in [5, 5.41) is 18.2. The number of rotatable bonds is 9. The lowest BCUT2D eigenvalue weighted by molar-refractivity contribution is -0.00507. The van der Waals surface area contributed by atoms with Crippen molar-refractivity contribution < 1.29 is 24.4 Å². The van der Waals surface area contributed by atoms with Crippen LogP contribution in [-0.4, -0.2) is 62.1 Å². The lowest BCUT2D eigenvalue weighted by Crippen LogP contribution is -2.27. The van der Waals surface area contributed by atoms with Crippen molar-refractivity contribution in [2.24, 2.45) is 35.5 Å². The molecule has 0 aromatic carbocycles. The average molecular weight is 326 g/mol. The van der Waals surface area contributed by atoms with Gasteiger partial charge in [-0.1, -0.05) is 0 Å². The first-order valence-electron chi connectivity index (χ1n) is 9.30. The first-order valence-corrected chi connectivity index (χ1v) is 9.30. The Morgan fingerprint density at radius 3 is 2.57 bits per heavy atom. The molecule has 0 radical (unpaired) electrons. The molecule has 4 rings (SSSR count). The minimum absolute atomic E-state index is 0.215. The first-order chi connectivity index (χ1) is 11.2. The molecule has 132 valence electrons. The SMILES string of the molecule is OCC(O)COCC1CC2C3CC(COCC4CO4)C(C3)C2C1. The van der Waals surface area contributed by atoms with Crippen LogP contribution in [0.1, 0.15) is 25.7 Å². The van der Waals surface area contributed by atoms with E-state index in [1.165, 1.54) is 25.7 Å². The third-order valence-corrected chi connectivity index (χ3v) is 6.61. The number of epoxide rings is 1. The van der Waals surface area contributed by atoms with Crippen LogP contribution < -0.4 is 0 Å². The van der Waals surface area contributed by atoms with Gasteiger partial charge in [-0.15, -0.1) is 0 Å². The molecule has 1 saturated heterocycles. The first kappa shape index (κ1) is 16.3. The van der Waals surface area contributed by atoms with E-state index >= 15 is 0 Å². The van der Waals surface area contributed by atoms with Gasteiger partial charge in [0.1, 0.15) is 12.2 Å². The molecular weight excluding hydrogens is 296 g/mol. The number of ether oxygens (including phenoxy) is 3. The number of hydrogen-bond donors (Lipinski definition) is 2. The highest BCUT2D eigenvalue weighted by Crippen LogP contribution is 2.62. The highest BCUT2D eigenvalue weighted by molar-refractivity contribution is 5.04. The Balaban J connectivity index is 1.21. The summed E-state index contributed by atoms with van der Waals surface area (Å²) in [7, 11) is 0. The molecule has 1 heterocycles. The second-order valence-electron chi connectivity index (χ2n) is 8.19. The van der Waals surface area contributed by atoms with Gasteiger partial charge in [0.2, 0.25) is 0 Å². The Kier molecular flexibility index (Phi) is 4.93. The van der Waals surface area contributed by atoms with E-state index in [1.807, 2.05) is 0 Å². The van der Waals surface area contributed by atoms with Gasteiger partial charge in [-0.2, -0.15) is 0 Å². The van der Waals surface area contributed by atoms with E-state index in [4.69, 9.17) is 19.3 Å². The maximum absolute atomic E-state index is 9.35. The van der Waals surface area contributed by atoms with Crippen molar-refractivity contribution in [3.8, 4) is 0 Å². The minimum atomic E-state index is -0.732. The van der Waals surface area contributed by atoms with E-state index in [0.717, 1.165) is 56.0 Å². The van der Waals surface area contributed by atoms with Crippen molar-refractivity contribution in [1.29, 1.82) is 0 Å². The Labute approximate surface area is 138 Å². The smallest absolute Gasteiger partial charge is 0.104 e. The van der Waals surface area contributed by atoms with Crippen LogP contribution in [0, 0.1) is 35.5 Å². The number of hydrogen-bond acceptors (Lipinski definition) is 5. The van der Waals surface area contributed by atoms with E-state index in [-0.39, 0.29) is 13.2 Å². The van der Waals surface area contributed by atoms with E-state index < -0.39 is 6.10 Å². The van der Waals surface area contributed by atoms with Gasteiger partial charge in [-0.05, 0) is 61.2 Å². The summed E-state index contributed by atoms with van der Waals surface area (Å²) >= 11 is 0. The van der Waals surface area contributed by atoms with Gasteiger partial charge < -0.3 is 24.4 Å². The molecule has 8 atom stereocenters. The molecular formula is C18H30O5. The summed E-state index contributed by atoms with van der Waals surface area (Å²) in [5.41, 5.74) is 0. The summed E-state index contributed by atoms with van der Waals surface area (Å²) in [6, 6.07) is 0. The standard InChI is InChI=1S/C18H30O5/c19-5-14(20)8-21-6-11-1-16-12-3-13(7-22-9-15-10-23-15)17(4-12)18(16)2-11/h11-20H,1-10H2. The normalized spacial score (nSPS) is 45.4. The third kappa shape index (κ3) is 3.59. The van der Waals surface area contributed by atoms with Crippen molar-refractivity contribution in [2.75, 3.05) is 39.6 Å². The van der Waals surface area contributed by atoms with E-state index in [1.54, 1.807) is 0 Å². The molecule has 4 fully saturated rings. The van der Waals surface area contributed by atoms with Crippen molar-refractivity contribution in [3.63, 3.8) is 0 Å². The quantitative estimate of drug-likeness (QED) is 0.620. The molecule has 0 aromatic heterocycles. The van der Waals surface area contributed by atoms with E-state index in [9.17, 15) is 5.11 Å². The second-order valence-corrected chi connectivity index (χ2v) is 8.19. The van der Waals surface area contributed by atoms with E-state index in [2.05, 4.69) is 0 Å². The fraction of sp³-hybridized carbons (Fsp3) is 1.00. The molecule has 0 spiro atoms. The number of aliphatic hydroxyl groups is 2. The van der Waals surface area contributed by atoms with Gasteiger partial charge in [0.15, 0.2) is 0 Å². The van der Waals surface area contributed by atoms with Crippen molar-refractivity contribution in [3.05, 3.63) is 0 Å². The Hall–Kier alpha value is -0.200. The fourth-order valence-electron chi connectivity index (χ4n) is 5.59. The highest BCUT2D eigenvalue weighted by Gasteiger charge is 2.55. The second kappa shape index (κ2) is 6.96. The molecule has 5 nitrogen and oxygen atoms in total. The Morgan fingerprint density at radius 1 is 0.957 bits per heavy atom. The molecule has 0 amide bonds. The highest BCUT2D eigenvalue weighted by atomic mass is 16.6. The Morgan fingerprint density at radius 2 is 1.78 bits per heavy atom. The van der Waals surface area contributed by atoms with Gasteiger partial charge >= 0.3 is 0 Å². The number of aliphatic hydroxyl groups excluding tert-OH is 2. The molecule has 1 aliphatic heterocycles. The monoisotopic (exact) mass is 326 g/mol. The summed E-state index contributed by atoms with van der Waals surface area (Å²) in [6.45, 7) is 3.38. The molecule has 3 aliphatic carbocycles. The number of fused-ring (bicyclic) bond motifs is 5. The predicted octanol–water partition coefficient (Wildman–Crippen LogP) is 1.07. The van der Waals surface area contributed by atoms with Gasteiger partial charge in [-0.25, -0.2) is 0 Å². The molecule has 0 aromatic rings.